The lowest BCUT2D eigenvalue weighted by molar-refractivity contribution is -0.116. The van der Waals surface area contributed by atoms with E-state index in [4.69, 9.17) is 11.6 Å². The van der Waals surface area contributed by atoms with Crippen molar-refractivity contribution in [3.63, 3.8) is 0 Å². The summed E-state index contributed by atoms with van der Waals surface area (Å²) in [5.41, 5.74) is 6.04. The minimum atomic E-state index is -0.368. The number of carbonyl (C=O) groups excluding carboxylic acids is 1. The molecule has 0 aromatic heterocycles. The smallest absolute Gasteiger partial charge is 0.246 e. The lowest BCUT2D eigenvalue weighted by Crippen LogP contribution is -2.32. The number of hydrogen-bond donors (Lipinski definition) is 2. The summed E-state index contributed by atoms with van der Waals surface area (Å²) in [4.78, 5) is 12.5. The first kappa shape index (κ1) is 17.4. The van der Waals surface area contributed by atoms with Gasteiger partial charge in [0, 0.05) is 16.4 Å². The first-order valence-corrected chi connectivity index (χ1v) is 8.07. The molecule has 122 valence electrons. The molecule has 0 bridgehead atoms. The van der Waals surface area contributed by atoms with Gasteiger partial charge < -0.3 is 10.6 Å². The number of anilines is 2. The van der Waals surface area contributed by atoms with Crippen LogP contribution in [-0.2, 0) is 4.79 Å². The molecule has 0 aliphatic carbocycles. The third kappa shape index (κ3) is 4.05. The van der Waals surface area contributed by atoms with Crippen LogP contribution in [-0.4, -0.2) is 11.9 Å². The summed E-state index contributed by atoms with van der Waals surface area (Å²) < 4.78 is 0. The predicted octanol–water partition coefficient (Wildman–Crippen LogP) is 5.01. The summed E-state index contributed by atoms with van der Waals surface area (Å²) in [6.45, 7) is 9.85. The van der Waals surface area contributed by atoms with E-state index in [1.54, 1.807) is 0 Å². The molecule has 0 fully saturated rings. The van der Waals surface area contributed by atoms with E-state index < -0.39 is 0 Å². The first-order chi connectivity index (χ1) is 10.8. The molecule has 2 rings (SSSR count). The highest BCUT2D eigenvalue weighted by molar-refractivity contribution is 6.31. The van der Waals surface area contributed by atoms with Crippen LogP contribution in [0.5, 0.6) is 0 Å². The lowest BCUT2D eigenvalue weighted by atomic mass is 10.0. The maximum Gasteiger partial charge on any atom is 0.246 e. The highest BCUT2D eigenvalue weighted by Gasteiger charge is 2.16. The van der Waals surface area contributed by atoms with Gasteiger partial charge in [-0.2, -0.15) is 0 Å². The Morgan fingerprint density at radius 1 is 1.09 bits per heavy atom. The molecule has 0 radical (unpaired) electrons. The zero-order valence-electron chi connectivity index (χ0n) is 14.3. The van der Waals surface area contributed by atoms with Crippen molar-refractivity contribution in [1.82, 2.24) is 0 Å². The van der Waals surface area contributed by atoms with Gasteiger partial charge in [-0.05, 0) is 63.4 Å². The van der Waals surface area contributed by atoms with E-state index in [1.807, 2.05) is 45.9 Å². The molecule has 1 atom stereocenters. The summed E-state index contributed by atoms with van der Waals surface area (Å²) >= 11 is 6.12. The van der Waals surface area contributed by atoms with E-state index in [0.717, 1.165) is 28.1 Å². The van der Waals surface area contributed by atoms with Crippen molar-refractivity contribution < 1.29 is 4.79 Å². The Labute approximate surface area is 143 Å². The van der Waals surface area contributed by atoms with Crippen LogP contribution in [0.15, 0.2) is 30.3 Å². The third-order valence-electron chi connectivity index (χ3n) is 3.96. The SMILES string of the molecule is Cc1cc(C)c(NC(=O)[C@@H](C)Nc2cccc(Cl)c2C)c(C)c1. The minimum Gasteiger partial charge on any atom is -0.374 e. The standard InChI is InChI=1S/C19H23ClN2O/c1-11-9-12(2)18(13(3)10-11)22-19(23)15(5)21-17-8-6-7-16(20)14(17)4/h6-10,15,21H,1-5H3,(H,22,23)/t15-/m1/s1. The van der Waals surface area contributed by atoms with E-state index in [2.05, 4.69) is 29.7 Å². The Hall–Kier alpha value is -2.00. The van der Waals surface area contributed by atoms with Crippen LogP contribution < -0.4 is 10.6 Å². The van der Waals surface area contributed by atoms with Crippen molar-refractivity contribution in [2.24, 2.45) is 0 Å². The zero-order valence-corrected chi connectivity index (χ0v) is 15.0. The Morgan fingerprint density at radius 2 is 1.70 bits per heavy atom. The second-order valence-corrected chi connectivity index (χ2v) is 6.45. The van der Waals surface area contributed by atoms with E-state index >= 15 is 0 Å². The van der Waals surface area contributed by atoms with Gasteiger partial charge in [0.1, 0.15) is 6.04 Å². The Morgan fingerprint density at radius 3 is 2.30 bits per heavy atom. The number of aryl methyl sites for hydroxylation is 3. The maximum absolute atomic E-state index is 12.5. The van der Waals surface area contributed by atoms with Gasteiger partial charge in [-0.1, -0.05) is 35.4 Å². The number of halogens is 1. The molecule has 3 nitrogen and oxygen atoms in total. The van der Waals surface area contributed by atoms with Gasteiger partial charge in [0.05, 0.1) is 0 Å². The van der Waals surface area contributed by atoms with Gasteiger partial charge in [0.2, 0.25) is 5.91 Å². The average molecular weight is 331 g/mol. The molecular formula is C19H23ClN2O. The zero-order chi connectivity index (χ0) is 17.1. The normalized spacial score (nSPS) is 11.9. The van der Waals surface area contributed by atoms with Crippen LogP contribution in [0.25, 0.3) is 0 Å². The van der Waals surface area contributed by atoms with Crippen LogP contribution in [0.2, 0.25) is 5.02 Å². The summed E-state index contributed by atoms with van der Waals surface area (Å²) in [6, 6.07) is 9.41. The molecule has 0 spiro atoms. The topological polar surface area (TPSA) is 41.1 Å². The van der Waals surface area contributed by atoms with Crippen molar-refractivity contribution in [1.29, 1.82) is 0 Å². The number of carbonyl (C=O) groups is 1. The van der Waals surface area contributed by atoms with Crippen molar-refractivity contribution >= 4 is 28.9 Å². The molecule has 0 saturated heterocycles. The van der Waals surface area contributed by atoms with E-state index in [1.165, 1.54) is 5.56 Å². The van der Waals surface area contributed by atoms with Crippen LogP contribution in [0.1, 0.15) is 29.2 Å². The monoisotopic (exact) mass is 330 g/mol. The maximum atomic E-state index is 12.5. The molecule has 0 aliphatic rings. The van der Waals surface area contributed by atoms with Crippen molar-refractivity contribution in [2.45, 2.75) is 40.7 Å². The summed E-state index contributed by atoms with van der Waals surface area (Å²) in [5, 5.41) is 6.94. The van der Waals surface area contributed by atoms with E-state index in [0.29, 0.717) is 5.02 Å². The Bertz CT molecular complexity index is 717. The Balaban J connectivity index is 2.13. The van der Waals surface area contributed by atoms with Crippen LogP contribution in [0.4, 0.5) is 11.4 Å². The Kier molecular flexibility index (Phi) is 5.32. The molecule has 1 amide bonds. The van der Waals surface area contributed by atoms with Crippen LogP contribution in [0.3, 0.4) is 0 Å². The van der Waals surface area contributed by atoms with Gasteiger partial charge in [-0.15, -0.1) is 0 Å². The van der Waals surface area contributed by atoms with Crippen molar-refractivity contribution in [2.75, 3.05) is 10.6 Å². The fraction of sp³-hybridized carbons (Fsp3) is 0.316. The largest absolute Gasteiger partial charge is 0.374 e. The van der Waals surface area contributed by atoms with Gasteiger partial charge in [0.15, 0.2) is 0 Å². The third-order valence-corrected chi connectivity index (χ3v) is 4.37. The molecule has 23 heavy (non-hydrogen) atoms. The van der Waals surface area contributed by atoms with Gasteiger partial charge in [0.25, 0.3) is 0 Å². The van der Waals surface area contributed by atoms with E-state index in [-0.39, 0.29) is 11.9 Å². The van der Waals surface area contributed by atoms with Gasteiger partial charge >= 0.3 is 0 Å². The number of rotatable bonds is 4. The van der Waals surface area contributed by atoms with Crippen molar-refractivity contribution in [3.05, 3.63) is 57.6 Å². The van der Waals surface area contributed by atoms with Gasteiger partial charge in [-0.3, -0.25) is 4.79 Å². The second kappa shape index (κ2) is 7.05. The van der Waals surface area contributed by atoms with Crippen molar-refractivity contribution in [3.8, 4) is 0 Å². The summed E-state index contributed by atoms with van der Waals surface area (Å²) in [6.07, 6.45) is 0. The fourth-order valence-corrected chi connectivity index (χ4v) is 2.85. The number of amides is 1. The van der Waals surface area contributed by atoms with Crippen LogP contribution >= 0.6 is 11.6 Å². The fourth-order valence-electron chi connectivity index (χ4n) is 2.67. The molecule has 4 heteroatoms. The van der Waals surface area contributed by atoms with E-state index in [9.17, 15) is 4.79 Å². The van der Waals surface area contributed by atoms with Crippen LogP contribution in [0, 0.1) is 27.7 Å². The number of benzene rings is 2. The van der Waals surface area contributed by atoms with Gasteiger partial charge in [-0.25, -0.2) is 0 Å². The second-order valence-electron chi connectivity index (χ2n) is 6.04. The lowest BCUT2D eigenvalue weighted by Gasteiger charge is -2.19. The first-order valence-electron chi connectivity index (χ1n) is 7.70. The summed E-state index contributed by atoms with van der Waals surface area (Å²) in [5.74, 6) is -0.0700. The molecule has 0 heterocycles. The minimum absolute atomic E-state index is 0.0700. The quantitative estimate of drug-likeness (QED) is 0.827. The molecule has 0 aliphatic heterocycles. The highest BCUT2D eigenvalue weighted by atomic mass is 35.5. The average Bonchev–Trinajstić information content (AvgIpc) is 2.47. The number of nitrogens with one attached hydrogen (secondary N) is 2. The summed E-state index contributed by atoms with van der Waals surface area (Å²) in [7, 11) is 0. The molecular weight excluding hydrogens is 308 g/mol. The molecule has 2 N–H and O–H groups in total. The molecule has 0 unspecified atom stereocenters. The molecule has 0 saturated carbocycles. The molecule has 2 aromatic rings. The molecule has 2 aromatic carbocycles. The highest BCUT2D eigenvalue weighted by Crippen LogP contribution is 2.25. The predicted molar refractivity (Wildman–Crippen MR) is 98.6 cm³/mol. The number of hydrogen-bond acceptors (Lipinski definition) is 2.